The van der Waals surface area contributed by atoms with Gasteiger partial charge in [0, 0.05) is 36.8 Å². The number of anilines is 3. The number of carbonyl (C=O) groups is 2. The molecular formula is C28H28FN7O4. The van der Waals surface area contributed by atoms with Crippen LogP contribution < -0.4 is 10.2 Å². The first-order chi connectivity index (χ1) is 19.1. The Hall–Kier alpha value is -4.58. The molecule has 2 amide bonds. The predicted molar refractivity (Wildman–Crippen MR) is 145 cm³/mol. The Kier molecular flexibility index (Phi) is 6.14. The van der Waals surface area contributed by atoms with Crippen molar-refractivity contribution in [3.63, 3.8) is 0 Å². The van der Waals surface area contributed by atoms with E-state index in [0.717, 1.165) is 36.5 Å². The molecule has 1 atom stereocenters. The third-order valence-electron chi connectivity index (χ3n) is 7.70. The Balaban J connectivity index is 1.32. The van der Waals surface area contributed by atoms with Gasteiger partial charge in [0.15, 0.2) is 0 Å². The Morgan fingerprint density at radius 1 is 1.15 bits per heavy atom. The predicted octanol–water partition coefficient (Wildman–Crippen LogP) is 4.30. The Labute approximate surface area is 228 Å². The van der Waals surface area contributed by atoms with Gasteiger partial charge >= 0.3 is 6.09 Å². The number of fused-ring (bicyclic) bond motifs is 2. The van der Waals surface area contributed by atoms with Crippen LogP contribution in [0.1, 0.15) is 42.6 Å². The number of aliphatic hydroxyl groups is 1. The number of hydrogen-bond acceptors (Lipinski definition) is 8. The molecule has 0 radical (unpaired) electrons. The van der Waals surface area contributed by atoms with Crippen LogP contribution in [0.15, 0.2) is 49.1 Å². The van der Waals surface area contributed by atoms with E-state index < -0.39 is 23.4 Å². The van der Waals surface area contributed by atoms with Crippen LogP contribution in [-0.2, 0) is 6.54 Å². The summed E-state index contributed by atoms with van der Waals surface area (Å²) in [5.74, 6) is -0.494. The van der Waals surface area contributed by atoms with E-state index in [1.165, 1.54) is 30.7 Å². The Bertz CT molecular complexity index is 1630. The minimum absolute atomic E-state index is 0.154. The van der Waals surface area contributed by atoms with Gasteiger partial charge in [-0.1, -0.05) is 0 Å². The monoisotopic (exact) mass is 545 g/mol. The molecule has 4 aromatic heterocycles. The second-order valence-electron chi connectivity index (χ2n) is 10.7. The topological polar surface area (TPSA) is 136 Å². The number of pyridine rings is 3. The number of piperidine rings is 1. The van der Waals surface area contributed by atoms with Crippen molar-refractivity contribution in [3.05, 3.63) is 66.0 Å². The van der Waals surface area contributed by atoms with Gasteiger partial charge < -0.3 is 20.4 Å². The number of nitrogens with zero attached hydrogens (tertiary/aromatic N) is 6. The normalized spacial score (nSPS) is 17.4. The van der Waals surface area contributed by atoms with E-state index in [4.69, 9.17) is 0 Å². The first-order valence-corrected chi connectivity index (χ1v) is 13.0. The molecule has 1 unspecified atom stereocenters. The van der Waals surface area contributed by atoms with Gasteiger partial charge in [-0.25, -0.2) is 24.1 Å². The molecule has 2 aliphatic rings. The molecule has 11 nitrogen and oxygen atoms in total. The van der Waals surface area contributed by atoms with Gasteiger partial charge in [0.05, 0.1) is 59.1 Å². The van der Waals surface area contributed by atoms with Gasteiger partial charge in [0.2, 0.25) is 0 Å². The van der Waals surface area contributed by atoms with Gasteiger partial charge in [-0.2, -0.15) is 0 Å². The van der Waals surface area contributed by atoms with Crippen molar-refractivity contribution in [1.82, 2.24) is 24.3 Å². The lowest BCUT2D eigenvalue weighted by Crippen LogP contribution is -2.44. The second kappa shape index (κ2) is 9.56. The summed E-state index contributed by atoms with van der Waals surface area (Å²) < 4.78 is 15.3. The number of imidazole rings is 1. The molecule has 0 aliphatic carbocycles. The van der Waals surface area contributed by atoms with E-state index >= 15 is 0 Å². The molecular weight excluding hydrogens is 517 g/mol. The molecule has 206 valence electrons. The zero-order chi connectivity index (χ0) is 28.2. The standard InChI is InChI=1S/C28H28FN7O4/c1-28(2,40)16-4-3-8-34(14-16)18-5-6-22(30-11-18)33-20-12-32-25(19-15-36(27(38)39)26(37)24(19)20)21-13-31-23-10-17(29)7-9-35(21)23/h5-7,9-13,16,40H,3-4,8,14-15H2,1-2H3,(H,30,33)(H,38,39). The average molecular weight is 546 g/mol. The second-order valence-corrected chi connectivity index (χ2v) is 10.7. The highest BCUT2D eigenvalue weighted by Gasteiger charge is 2.37. The van der Waals surface area contributed by atoms with Crippen LogP contribution >= 0.6 is 0 Å². The number of rotatable bonds is 5. The molecule has 40 heavy (non-hydrogen) atoms. The van der Waals surface area contributed by atoms with Crippen LogP contribution in [0.25, 0.3) is 17.0 Å². The molecule has 6 heterocycles. The van der Waals surface area contributed by atoms with Crippen LogP contribution in [-0.4, -0.2) is 65.2 Å². The zero-order valence-corrected chi connectivity index (χ0v) is 22.0. The number of imide groups is 1. The molecule has 0 saturated carbocycles. The van der Waals surface area contributed by atoms with Crippen molar-refractivity contribution in [2.45, 2.75) is 38.8 Å². The van der Waals surface area contributed by atoms with E-state index in [2.05, 4.69) is 25.2 Å². The number of amides is 2. The lowest BCUT2D eigenvalue weighted by Gasteiger charge is -2.39. The van der Waals surface area contributed by atoms with E-state index in [0.29, 0.717) is 34.1 Å². The highest BCUT2D eigenvalue weighted by molar-refractivity contribution is 6.11. The summed E-state index contributed by atoms with van der Waals surface area (Å²) in [5.41, 5.74) is 2.34. The van der Waals surface area contributed by atoms with Crippen LogP contribution in [0.4, 0.5) is 26.4 Å². The van der Waals surface area contributed by atoms with Crippen LogP contribution in [0.3, 0.4) is 0 Å². The fourth-order valence-electron chi connectivity index (χ4n) is 5.49. The number of carboxylic acid groups (broad SMARTS) is 1. The molecule has 0 bridgehead atoms. The van der Waals surface area contributed by atoms with Crippen LogP contribution in [0.2, 0.25) is 0 Å². The quantitative estimate of drug-likeness (QED) is 0.335. The molecule has 4 aromatic rings. The van der Waals surface area contributed by atoms with E-state index in [1.807, 2.05) is 19.9 Å². The fourth-order valence-corrected chi connectivity index (χ4v) is 5.49. The van der Waals surface area contributed by atoms with Crippen molar-refractivity contribution < 1.29 is 24.2 Å². The maximum Gasteiger partial charge on any atom is 0.414 e. The lowest BCUT2D eigenvalue weighted by atomic mass is 9.84. The third-order valence-corrected chi connectivity index (χ3v) is 7.70. The van der Waals surface area contributed by atoms with E-state index in [-0.39, 0.29) is 18.0 Å². The minimum Gasteiger partial charge on any atom is -0.465 e. The molecule has 0 spiro atoms. The van der Waals surface area contributed by atoms with Gasteiger partial charge in [-0.15, -0.1) is 0 Å². The SMILES string of the molecule is CC(C)(O)C1CCCN(c2ccc(Nc3cnc(-c4cnc5cc(F)ccn45)c4c3C(=O)N(C(=O)O)C4)nc2)C1. The van der Waals surface area contributed by atoms with Gasteiger partial charge in [-0.05, 0) is 44.9 Å². The van der Waals surface area contributed by atoms with Gasteiger partial charge in [0.1, 0.15) is 17.3 Å². The van der Waals surface area contributed by atoms with Crippen molar-refractivity contribution in [1.29, 1.82) is 0 Å². The maximum atomic E-state index is 13.7. The Morgan fingerprint density at radius 3 is 2.70 bits per heavy atom. The first-order valence-electron chi connectivity index (χ1n) is 13.0. The van der Waals surface area contributed by atoms with Crippen molar-refractivity contribution in [2.24, 2.45) is 5.92 Å². The zero-order valence-electron chi connectivity index (χ0n) is 22.0. The molecule has 0 aromatic carbocycles. The summed E-state index contributed by atoms with van der Waals surface area (Å²) in [6.45, 7) is 5.10. The molecule has 12 heteroatoms. The average Bonchev–Trinajstić information content (AvgIpc) is 3.50. The number of hydrogen-bond donors (Lipinski definition) is 3. The summed E-state index contributed by atoms with van der Waals surface area (Å²) in [7, 11) is 0. The summed E-state index contributed by atoms with van der Waals surface area (Å²) in [6, 6.07) is 6.27. The van der Waals surface area contributed by atoms with Gasteiger partial charge in [-0.3, -0.25) is 14.2 Å². The van der Waals surface area contributed by atoms with Crippen molar-refractivity contribution in [3.8, 4) is 11.4 Å². The molecule has 6 rings (SSSR count). The molecule has 3 N–H and O–H groups in total. The number of halogens is 1. The van der Waals surface area contributed by atoms with Crippen molar-refractivity contribution >= 4 is 34.8 Å². The minimum atomic E-state index is -1.37. The largest absolute Gasteiger partial charge is 0.465 e. The molecule has 2 aliphatic heterocycles. The number of aromatic nitrogens is 4. The highest BCUT2D eigenvalue weighted by atomic mass is 19.1. The Morgan fingerprint density at radius 2 is 1.98 bits per heavy atom. The summed E-state index contributed by atoms with van der Waals surface area (Å²) in [5, 5.41) is 23.2. The first kappa shape index (κ1) is 25.7. The maximum absolute atomic E-state index is 13.7. The smallest absolute Gasteiger partial charge is 0.414 e. The molecule has 1 saturated heterocycles. The number of carbonyl (C=O) groups excluding carboxylic acids is 1. The fraction of sp³-hybridized carbons (Fsp3) is 0.321. The van der Waals surface area contributed by atoms with E-state index in [9.17, 15) is 24.2 Å². The van der Waals surface area contributed by atoms with Crippen LogP contribution in [0, 0.1) is 11.7 Å². The third kappa shape index (κ3) is 4.49. The van der Waals surface area contributed by atoms with Crippen molar-refractivity contribution in [2.75, 3.05) is 23.3 Å². The molecule has 1 fully saturated rings. The lowest BCUT2D eigenvalue weighted by molar-refractivity contribution is 0.0110. The van der Waals surface area contributed by atoms with Crippen LogP contribution in [0.5, 0.6) is 0 Å². The summed E-state index contributed by atoms with van der Waals surface area (Å²) >= 11 is 0. The highest BCUT2D eigenvalue weighted by Crippen LogP contribution is 2.37. The summed E-state index contributed by atoms with van der Waals surface area (Å²) in [6.07, 6.45) is 6.80. The van der Waals surface area contributed by atoms with E-state index in [1.54, 1.807) is 16.7 Å². The summed E-state index contributed by atoms with van der Waals surface area (Å²) in [4.78, 5) is 41.3. The van der Waals surface area contributed by atoms with Gasteiger partial charge in [0.25, 0.3) is 5.91 Å². The number of nitrogens with one attached hydrogen (secondary N) is 1.